The molecule has 0 spiro atoms. The summed E-state index contributed by atoms with van der Waals surface area (Å²) in [5, 5.41) is 11.0. The summed E-state index contributed by atoms with van der Waals surface area (Å²) in [6, 6.07) is 4.66. The molecule has 2 rings (SSSR count). The normalized spacial score (nSPS) is 11.8. The number of nitrogens with zero attached hydrogens (tertiary/aromatic N) is 4. The van der Waals surface area contributed by atoms with Crippen molar-refractivity contribution in [3.8, 4) is 5.69 Å². The number of tetrazole rings is 1. The molecule has 90 valence electrons. The second-order valence-electron chi connectivity index (χ2n) is 3.25. The molecule has 1 aromatic heterocycles. The lowest BCUT2D eigenvalue weighted by molar-refractivity contribution is -0.137. The Balaban J connectivity index is 2.39. The van der Waals surface area contributed by atoms with E-state index in [0.717, 1.165) is 16.9 Å². The molecule has 0 saturated heterocycles. The van der Waals surface area contributed by atoms with Crippen LogP contribution < -0.4 is 5.73 Å². The van der Waals surface area contributed by atoms with Crippen LogP contribution in [0, 0.1) is 0 Å². The van der Waals surface area contributed by atoms with E-state index in [2.05, 4.69) is 15.4 Å². The lowest BCUT2D eigenvalue weighted by Gasteiger charge is -2.07. The molecule has 1 heterocycles. The largest absolute Gasteiger partial charge is 0.416 e. The number of hydrogen-bond donors (Lipinski definition) is 1. The Bertz CT molecular complexity index is 519. The van der Waals surface area contributed by atoms with Crippen LogP contribution in [0.1, 0.15) is 11.4 Å². The minimum Gasteiger partial charge on any atom is -0.324 e. The Hall–Kier alpha value is -1.96. The van der Waals surface area contributed by atoms with Gasteiger partial charge in [-0.15, -0.1) is 15.0 Å². The Morgan fingerprint density at radius 3 is 2.65 bits per heavy atom. The average Bonchev–Trinajstić information content (AvgIpc) is 2.76. The van der Waals surface area contributed by atoms with Gasteiger partial charge in [0.15, 0.2) is 5.82 Å². The first-order valence-corrected chi connectivity index (χ1v) is 4.67. The van der Waals surface area contributed by atoms with E-state index < -0.39 is 11.7 Å². The highest BCUT2D eigenvalue weighted by molar-refractivity contribution is 5.35. The van der Waals surface area contributed by atoms with Crippen molar-refractivity contribution in [2.75, 3.05) is 0 Å². The number of benzene rings is 1. The van der Waals surface area contributed by atoms with Crippen LogP contribution in [0.5, 0.6) is 0 Å². The van der Waals surface area contributed by atoms with Gasteiger partial charge in [-0.05, 0) is 23.4 Å². The molecule has 17 heavy (non-hydrogen) atoms. The topological polar surface area (TPSA) is 69.6 Å². The van der Waals surface area contributed by atoms with Crippen molar-refractivity contribution in [3.63, 3.8) is 0 Å². The highest BCUT2D eigenvalue weighted by atomic mass is 19.4. The third-order valence-corrected chi connectivity index (χ3v) is 2.04. The first kappa shape index (κ1) is 11.5. The van der Waals surface area contributed by atoms with Gasteiger partial charge < -0.3 is 5.73 Å². The SMILES string of the molecule is NCc1nnn(-c2cccc(C(F)(F)F)c2)n1. The fourth-order valence-corrected chi connectivity index (χ4v) is 1.24. The fourth-order valence-electron chi connectivity index (χ4n) is 1.24. The van der Waals surface area contributed by atoms with Gasteiger partial charge in [0.1, 0.15) is 0 Å². The summed E-state index contributed by atoms with van der Waals surface area (Å²) in [5.41, 5.74) is 4.71. The van der Waals surface area contributed by atoms with Crippen molar-refractivity contribution >= 4 is 0 Å². The lowest BCUT2D eigenvalue weighted by atomic mass is 10.2. The average molecular weight is 243 g/mol. The zero-order valence-corrected chi connectivity index (χ0v) is 8.52. The Morgan fingerprint density at radius 1 is 1.29 bits per heavy atom. The van der Waals surface area contributed by atoms with E-state index in [0.29, 0.717) is 0 Å². The van der Waals surface area contributed by atoms with E-state index in [-0.39, 0.29) is 18.1 Å². The summed E-state index contributed by atoms with van der Waals surface area (Å²) in [4.78, 5) is 1.01. The van der Waals surface area contributed by atoms with Crippen LogP contribution in [0.2, 0.25) is 0 Å². The van der Waals surface area contributed by atoms with Crippen LogP contribution in [0.15, 0.2) is 24.3 Å². The van der Waals surface area contributed by atoms with E-state index in [4.69, 9.17) is 5.73 Å². The molecule has 0 atom stereocenters. The molecule has 1 aromatic carbocycles. The minimum atomic E-state index is -4.40. The quantitative estimate of drug-likeness (QED) is 0.858. The number of hydrogen-bond acceptors (Lipinski definition) is 4. The van der Waals surface area contributed by atoms with Crippen LogP contribution in [0.4, 0.5) is 13.2 Å². The first-order valence-electron chi connectivity index (χ1n) is 4.67. The smallest absolute Gasteiger partial charge is 0.324 e. The molecule has 0 aliphatic rings. The van der Waals surface area contributed by atoms with Gasteiger partial charge in [0.2, 0.25) is 0 Å². The Morgan fingerprint density at radius 2 is 2.06 bits per heavy atom. The maximum atomic E-state index is 12.5. The minimum absolute atomic E-state index is 0.0823. The summed E-state index contributed by atoms with van der Waals surface area (Å²) < 4.78 is 37.4. The molecule has 0 radical (unpaired) electrons. The molecule has 0 aliphatic carbocycles. The monoisotopic (exact) mass is 243 g/mol. The number of halogens is 3. The summed E-state index contributed by atoms with van der Waals surface area (Å²) in [7, 11) is 0. The Kier molecular flexibility index (Phi) is 2.80. The zero-order valence-electron chi connectivity index (χ0n) is 8.52. The van der Waals surface area contributed by atoms with Crippen LogP contribution in [0.25, 0.3) is 5.69 Å². The molecule has 0 saturated carbocycles. The molecule has 2 N–H and O–H groups in total. The van der Waals surface area contributed by atoms with Crippen molar-refractivity contribution in [2.24, 2.45) is 5.73 Å². The summed E-state index contributed by atoms with van der Waals surface area (Å²) >= 11 is 0. The predicted molar refractivity (Wildman–Crippen MR) is 52.0 cm³/mol. The van der Waals surface area contributed by atoms with Gasteiger partial charge in [-0.1, -0.05) is 6.07 Å². The molecule has 5 nitrogen and oxygen atoms in total. The first-order chi connectivity index (χ1) is 8.00. The van der Waals surface area contributed by atoms with Crippen LogP contribution in [0.3, 0.4) is 0 Å². The summed E-state index contributed by atoms with van der Waals surface area (Å²) in [6.45, 7) is 0.0823. The maximum Gasteiger partial charge on any atom is 0.416 e. The van der Waals surface area contributed by atoms with Gasteiger partial charge in [0.25, 0.3) is 0 Å². The van der Waals surface area contributed by atoms with Crippen LogP contribution >= 0.6 is 0 Å². The lowest BCUT2D eigenvalue weighted by Crippen LogP contribution is -2.07. The molecular weight excluding hydrogens is 235 g/mol. The molecule has 0 unspecified atom stereocenters. The van der Waals surface area contributed by atoms with E-state index >= 15 is 0 Å². The van der Waals surface area contributed by atoms with Crippen molar-refractivity contribution in [3.05, 3.63) is 35.7 Å². The van der Waals surface area contributed by atoms with Crippen molar-refractivity contribution in [2.45, 2.75) is 12.7 Å². The van der Waals surface area contributed by atoms with E-state index in [1.54, 1.807) is 0 Å². The standard InChI is InChI=1S/C9H8F3N5/c10-9(11,12)6-2-1-3-7(4-6)17-15-8(5-13)14-16-17/h1-4H,5,13H2. The Labute approximate surface area is 94.0 Å². The van der Waals surface area contributed by atoms with Crippen molar-refractivity contribution < 1.29 is 13.2 Å². The van der Waals surface area contributed by atoms with Gasteiger partial charge >= 0.3 is 6.18 Å². The number of alkyl halides is 3. The van der Waals surface area contributed by atoms with Gasteiger partial charge in [-0.2, -0.15) is 13.2 Å². The third kappa shape index (κ3) is 2.41. The zero-order chi connectivity index (χ0) is 12.5. The van der Waals surface area contributed by atoms with E-state index in [1.807, 2.05) is 0 Å². The molecular formula is C9H8F3N5. The van der Waals surface area contributed by atoms with Gasteiger partial charge in [-0.3, -0.25) is 0 Å². The van der Waals surface area contributed by atoms with Gasteiger partial charge in [-0.25, -0.2) is 0 Å². The molecule has 0 bridgehead atoms. The van der Waals surface area contributed by atoms with Crippen LogP contribution in [-0.4, -0.2) is 20.2 Å². The summed E-state index contributed by atoms with van der Waals surface area (Å²) in [6.07, 6.45) is -4.40. The highest BCUT2D eigenvalue weighted by Crippen LogP contribution is 2.29. The number of aromatic nitrogens is 4. The van der Waals surface area contributed by atoms with Gasteiger partial charge in [0, 0.05) is 0 Å². The second kappa shape index (κ2) is 4.13. The van der Waals surface area contributed by atoms with Crippen molar-refractivity contribution in [1.82, 2.24) is 20.2 Å². The van der Waals surface area contributed by atoms with Crippen LogP contribution in [-0.2, 0) is 12.7 Å². The molecule has 2 aromatic rings. The molecule has 0 aliphatic heterocycles. The second-order valence-corrected chi connectivity index (χ2v) is 3.25. The predicted octanol–water partition coefficient (Wildman–Crippen LogP) is 1.14. The number of rotatable bonds is 2. The van der Waals surface area contributed by atoms with E-state index in [9.17, 15) is 13.2 Å². The highest BCUT2D eigenvalue weighted by Gasteiger charge is 2.30. The van der Waals surface area contributed by atoms with Gasteiger partial charge in [0.05, 0.1) is 17.8 Å². The molecule has 0 fully saturated rings. The summed E-state index contributed by atoms with van der Waals surface area (Å²) in [5.74, 6) is 0.266. The van der Waals surface area contributed by atoms with E-state index in [1.165, 1.54) is 12.1 Å². The van der Waals surface area contributed by atoms with Crippen molar-refractivity contribution in [1.29, 1.82) is 0 Å². The maximum absolute atomic E-state index is 12.5. The molecule has 0 amide bonds. The third-order valence-electron chi connectivity index (χ3n) is 2.04. The number of nitrogens with two attached hydrogens (primary N) is 1. The molecule has 8 heteroatoms. The fraction of sp³-hybridized carbons (Fsp3) is 0.222.